The second-order valence-electron chi connectivity index (χ2n) is 6.14. The van der Waals surface area contributed by atoms with E-state index in [1.807, 2.05) is 29.6 Å². The van der Waals surface area contributed by atoms with Gasteiger partial charge in [-0.1, -0.05) is 19.4 Å². The summed E-state index contributed by atoms with van der Waals surface area (Å²) >= 11 is 1.64. The van der Waals surface area contributed by atoms with Crippen molar-refractivity contribution in [2.45, 2.75) is 44.8 Å². The standard InChI is InChI=1S/C18H22N2O2S/c1-2-5-15-10-13(11-23-15)18(22)20-17(12-8-14(21)9-12)16-6-3-4-7-19-16/h3-4,6-7,10-12,14,17,21H,2,5,8-9H2,1H3,(H,20,22)/t12?,14?,17-/m0/s1. The molecule has 0 radical (unpaired) electrons. The molecule has 1 aliphatic rings. The topological polar surface area (TPSA) is 62.2 Å². The van der Waals surface area contributed by atoms with E-state index in [0.717, 1.165) is 24.1 Å². The number of rotatable bonds is 6. The lowest BCUT2D eigenvalue weighted by molar-refractivity contribution is 0.0228. The minimum absolute atomic E-state index is 0.0550. The van der Waals surface area contributed by atoms with Crippen LogP contribution in [0.4, 0.5) is 0 Å². The maximum Gasteiger partial charge on any atom is 0.252 e. The molecule has 122 valence electrons. The second kappa shape index (κ2) is 7.23. The van der Waals surface area contributed by atoms with Crippen molar-refractivity contribution in [3.63, 3.8) is 0 Å². The predicted octanol–water partition coefficient (Wildman–Crippen LogP) is 3.34. The van der Waals surface area contributed by atoms with Crippen molar-refractivity contribution in [1.29, 1.82) is 0 Å². The molecule has 5 heteroatoms. The number of carbonyl (C=O) groups is 1. The van der Waals surface area contributed by atoms with E-state index < -0.39 is 0 Å². The number of carbonyl (C=O) groups excluding carboxylic acids is 1. The minimum atomic E-state index is -0.250. The van der Waals surface area contributed by atoms with Crippen LogP contribution in [0.3, 0.4) is 0 Å². The summed E-state index contributed by atoms with van der Waals surface area (Å²) < 4.78 is 0. The van der Waals surface area contributed by atoms with Crippen molar-refractivity contribution in [2.75, 3.05) is 0 Å². The lowest BCUT2D eigenvalue weighted by Crippen LogP contribution is -2.41. The Morgan fingerprint density at radius 3 is 2.96 bits per heavy atom. The van der Waals surface area contributed by atoms with Crippen LogP contribution >= 0.6 is 11.3 Å². The number of aliphatic hydroxyl groups excluding tert-OH is 1. The number of pyridine rings is 1. The van der Waals surface area contributed by atoms with Crippen LogP contribution in [-0.4, -0.2) is 22.1 Å². The summed E-state index contributed by atoms with van der Waals surface area (Å²) in [5, 5.41) is 14.6. The van der Waals surface area contributed by atoms with E-state index in [4.69, 9.17) is 0 Å². The van der Waals surface area contributed by atoms with Gasteiger partial charge in [-0.2, -0.15) is 0 Å². The SMILES string of the molecule is CCCc1cc(C(=O)N[C@H](c2ccccn2)C2CC(O)C2)cs1. The van der Waals surface area contributed by atoms with Gasteiger partial charge in [-0.25, -0.2) is 0 Å². The van der Waals surface area contributed by atoms with Gasteiger partial charge in [0, 0.05) is 16.5 Å². The zero-order valence-electron chi connectivity index (χ0n) is 13.2. The highest BCUT2D eigenvalue weighted by Crippen LogP contribution is 2.37. The summed E-state index contributed by atoms with van der Waals surface area (Å²) in [7, 11) is 0. The molecule has 1 amide bonds. The molecule has 0 saturated heterocycles. The first-order valence-electron chi connectivity index (χ1n) is 8.14. The number of hydrogen-bond acceptors (Lipinski definition) is 4. The van der Waals surface area contributed by atoms with E-state index >= 15 is 0 Å². The molecule has 3 rings (SSSR count). The van der Waals surface area contributed by atoms with Gasteiger partial charge < -0.3 is 10.4 Å². The molecule has 2 heterocycles. The summed E-state index contributed by atoms with van der Waals surface area (Å²) in [5.74, 6) is 0.193. The molecule has 1 aliphatic carbocycles. The summed E-state index contributed by atoms with van der Waals surface area (Å²) in [4.78, 5) is 18.2. The van der Waals surface area contributed by atoms with Gasteiger partial charge in [0.25, 0.3) is 5.91 Å². The Balaban J connectivity index is 1.73. The molecule has 23 heavy (non-hydrogen) atoms. The lowest BCUT2D eigenvalue weighted by atomic mass is 9.76. The van der Waals surface area contributed by atoms with Crippen molar-refractivity contribution in [3.05, 3.63) is 52.0 Å². The maximum atomic E-state index is 12.6. The van der Waals surface area contributed by atoms with Gasteiger partial charge in [-0.15, -0.1) is 11.3 Å². The molecule has 0 unspecified atom stereocenters. The molecule has 4 nitrogen and oxygen atoms in total. The van der Waals surface area contributed by atoms with Crippen molar-refractivity contribution >= 4 is 17.2 Å². The monoisotopic (exact) mass is 330 g/mol. The van der Waals surface area contributed by atoms with Crippen molar-refractivity contribution in [3.8, 4) is 0 Å². The number of thiophene rings is 1. The lowest BCUT2D eigenvalue weighted by Gasteiger charge is -2.37. The van der Waals surface area contributed by atoms with Crippen LogP contribution in [0.1, 0.15) is 53.2 Å². The Morgan fingerprint density at radius 1 is 1.48 bits per heavy atom. The van der Waals surface area contributed by atoms with E-state index in [0.29, 0.717) is 12.8 Å². The average Bonchev–Trinajstić information content (AvgIpc) is 3.00. The third-order valence-corrected chi connectivity index (χ3v) is 5.32. The van der Waals surface area contributed by atoms with Gasteiger partial charge in [0.2, 0.25) is 0 Å². The molecule has 1 fully saturated rings. The Morgan fingerprint density at radius 2 is 2.30 bits per heavy atom. The van der Waals surface area contributed by atoms with Gasteiger partial charge in [0.15, 0.2) is 0 Å². The smallest absolute Gasteiger partial charge is 0.252 e. The van der Waals surface area contributed by atoms with Crippen molar-refractivity contribution in [1.82, 2.24) is 10.3 Å². The minimum Gasteiger partial charge on any atom is -0.393 e. The van der Waals surface area contributed by atoms with Crippen molar-refractivity contribution < 1.29 is 9.90 Å². The van der Waals surface area contributed by atoms with Gasteiger partial charge in [0.05, 0.1) is 23.4 Å². The fraction of sp³-hybridized carbons (Fsp3) is 0.444. The molecule has 0 aromatic carbocycles. The molecule has 2 aromatic rings. The molecular weight excluding hydrogens is 308 g/mol. The van der Waals surface area contributed by atoms with Crippen LogP contribution in [0.5, 0.6) is 0 Å². The van der Waals surface area contributed by atoms with E-state index in [9.17, 15) is 9.90 Å². The summed E-state index contributed by atoms with van der Waals surface area (Å²) in [6, 6.07) is 7.58. The first-order chi connectivity index (χ1) is 11.2. The fourth-order valence-corrected chi connectivity index (χ4v) is 3.97. The third-order valence-electron chi connectivity index (χ3n) is 4.33. The summed E-state index contributed by atoms with van der Waals surface area (Å²) in [5.41, 5.74) is 1.58. The summed E-state index contributed by atoms with van der Waals surface area (Å²) in [6.45, 7) is 2.14. The number of nitrogens with one attached hydrogen (secondary N) is 1. The van der Waals surface area contributed by atoms with Crippen LogP contribution in [0.2, 0.25) is 0 Å². The van der Waals surface area contributed by atoms with Gasteiger partial charge in [-0.3, -0.25) is 9.78 Å². The Kier molecular flexibility index (Phi) is 5.08. The first kappa shape index (κ1) is 16.1. The quantitative estimate of drug-likeness (QED) is 0.854. The fourth-order valence-electron chi connectivity index (χ4n) is 3.00. The molecule has 0 spiro atoms. The number of aliphatic hydroxyl groups is 1. The molecule has 1 atom stereocenters. The number of nitrogens with zero attached hydrogens (tertiary/aromatic N) is 1. The summed E-state index contributed by atoms with van der Waals surface area (Å²) in [6.07, 6.45) is 5.01. The number of aryl methyl sites for hydroxylation is 1. The zero-order chi connectivity index (χ0) is 16.2. The first-order valence-corrected chi connectivity index (χ1v) is 9.02. The molecule has 1 saturated carbocycles. The largest absolute Gasteiger partial charge is 0.393 e. The van der Waals surface area contributed by atoms with Gasteiger partial charge in [0.1, 0.15) is 0 Å². The van der Waals surface area contributed by atoms with Crippen LogP contribution in [0, 0.1) is 5.92 Å². The second-order valence-corrected chi connectivity index (χ2v) is 7.14. The van der Waals surface area contributed by atoms with E-state index in [2.05, 4.69) is 17.2 Å². The predicted molar refractivity (Wildman–Crippen MR) is 91.5 cm³/mol. The number of aromatic nitrogens is 1. The molecule has 0 bridgehead atoms. The number of amides is 1. The Labute approximate surface area is 140 Å². The number of hydrogen-bond donors (Lipinski definition) is 2. The van der Waals surface area contributed by atoms with Gasteiger partial charge >= 0.3 is 0 Å². The van der Waals surface area contributed by atoms with Crippen LogP contribution in [0.15, 0.2) is 35.8 Å². The third kappa shape index (κ3) is 3.79. The Bertz CT molecular complexity index is 650. The zero-order valence-corrected chi connectivity index (χ0v) is 14.1. The highest BCUT2D eigenvalue weighted by Gasteiger charge is 2.36. The van der Waals surface area contributed by atoms with Crippen LogP contribution < -0.4 is 5.32 Å². The maximum absolute atomic E-state index is 12.6. The molecule has 2 N–H and O–H groups in total. The highest BCUT2D eigenvalue weighted by atomic mass is 32.1. The molecule has 0 aliphatic heterocycles. The molecule has 2 aromatic heterocycles. The molecular formula is C18H22N2O2S. The van der Waals surface area contributed by atoms with E-state index in [-0.39, 0.29) is 24.0 Å². The van der Waals surface area contributed by atoms with E-state index in [1.165, 1.54) is 4.88 Å². The van der Waals surface area contributed by atoms with Crippen LogP contribution in [-0.2, 0) is 6.42 Å². The van der Waals surface area contributed by atoms with Crippen LogP contribution in [0.25, 0.3) is 0 Å². The Hall–Kier alpha value is -1.72. The normalized spacial score (nSPS) is 21.5. The highest BCUT2D eigenvalue weighted by molar-refractivity contribution is 7.10. The van der Waals surface area contributed by atoms with Crippen molar-refractivity contribution in [2.24, 2.45) is 5.92 Å². The van der Waals surface area contributed by atoms with Gasteiger partial charge in [-0.05, 0) is 43.4 Å². The average molecular weight is 330 g/mol. The van der Waals surface area contributed by atoms with E-state index in [1.54, 1.807) is 17.5 Å².